The fraction of sp³-hybridized carbons (Fsp3) is 0.421. The molecule has 0 spiro atoms. The van der Waals surface area contributed by atoms with Crippen LogP contribution < -0.4 is 10.3 Å². The van der Waals surface area contributed by atoms with Crippen LogP contribution in [0.4, 0.5) is 0 Å². The first-order valence-electron chi connectivity index (χ1n) is 8.39. The average Bonchev–Trinajstić information content (AvgIpc) is 2.57. The minimum absolute atomic E-state index is 0.151. The summed E-state index contributed by atoms with van der Waals surface area (Å²) >= 11 is 0. The van der Waals surface area contributed by atoms with Gasteiger partial charge in [-0.1, -0.05) is 24.3 Å². The van der Waals surface area contributed by atoms with Gasteiger partial charge < -0.3 is 9.30 Å². The number of ether oxygens (including phenoxy) is 1. The molecule has 0 aliphatic carbocycles. The molecule has 2 aliphatic rings. The van der Waals surface area contributed by atoms with Crippen LogP contribution in [0.15, 0.2) is 53.3 Å². The first kappa shape index (κ1) is 14.5. The van der Waals surface area contributed by atoms with Crippen molar-refractivity contribution in [2.24, 2.45) is 5.92 Å². The van der Waals surface area contributed by atoms with Crippen molar-refractivity contribution in [2.45, 2.75) is 18.9 Å². The summed E-state index contributed by atoms with van der Waals surface area (Å²) in [6.45, 7) is 4.61. The third-order valence-electron chi connectivity index (χ3n) is 4.97. The lowest BCUT2D eigenvalue weighted by molar-refractivity contribution is 0.104. The van der Waals surface area contributed by atoms with E-state index in [0.29, 0.717) is 18.4 Å². The van der Waals surface area contributed by atoms with E-state index >= 15 is 0 Å². The molecule has 23 heavy (non-hydrogen) atoms. The number of piperidine rings is 1. The van der Waals surface area contributed by atoms with Crippen LogP contribution in [0.25, 0.3) is 0 Å². The number of hydrogen-bond donors (Lipinski definition) is 0. The third-order valence-corrected chi connectivity index (χ3v) is 4.97. The van der Waals surface area contributed by atoms with Gasteiger partial charge in [0.05, 0.1) is 0 Å². The van der Waals surface area contributed by atoms with Crippen molar-refractivity contribution in [1.82, 2.24) is 9.47 Å². The van der Waals surface area contributed by atoms with E-state index in [1.165, 1.54) is 12.1 Å². The molecule has 3 heterocycles. The Morgan fingerprint density at radius 3 is 2.74 bits per heavy atom. The van der Waals surface area contributed by atoms with Gasteiger partial charge in [-0.05, 0) is 30.5 Å². The van der Waals surface area contributed by atoms with Crippen molar-refractivity contribution < 1.29 is 4.74 Å². The Kier molecular flexibility index (Phi) is 3.92. The highest BCUT2D eigenvalue weighted by molar-refractivity contribution is 5.21. The van der Waals surface area contributed by atoms with Gasteiger partial charge in [-0.2, -0.15) is 0 Å². The van der Waals surface area contributed by atoms with E-state index < -0.39 is 0 Å². The maximum absolute atomic E-state index is 12.0. The molecule has 120 valence electrons. The Morgan fingerprint density at radius 1 is 1.00 bits per heavy atom. The smallest absolute Gasteiger partial charge is 0.250 e. The second kappa shape index (κ2) is 6.20. The van der Waals surface area contributed by atoms with Crippen molar-refractivity contribution in [3.63, 3.8) is 0 Å². The van der Waals surface area contributed by atoms with Gasteiger partial charge in [0.15, 0.2) is 0 Å². The molecule has 2 atom stereocenters. The van der Waals surface area contributed by atoms with Gasteiger partial charge in [-0.25, -0.2) is 0 Å². The van der Waals surface area contributed by atoms with Crippen LogP contribution >= 0.6 is 0 Å². The van der Waals surface area contributed by atoms with Crippen LogP contribution in [0, 0.1) is 5.92 Å². The number of nitrogens with zero attached hydrogens (tertiary/aromatic N) is 2. The molecule has 2 aliphatic heterocycles. The van der Waals surface area contributed by atoms with E-state index in [2.05, 4.69) is 11.0 Å². The predicted molar refractivity (Wildman–Crippen MR) is 89.9 cm³/mol. The molecule has 0 saturated carbocycles. The summed E-state index contributed by atoms with van der Waals surface area (Å²) in [6, 6.07) is 15.7. The number of benzene rings is 1. The topological polar surface area (TPSA) is 34.5 Å². The molecule has 0 amide bonds. The van der Waals surface area contributed by atoms with Crippen LogP contribution in [-0.4, -0.2) is 35.7 Å². The largest absolute Gasteiger partial charge is 0.492 e. The summed E-state index contributed by atoms with van der Waals surface area (Å²) in [5, 5.41) is 0. The molecule has 1 aromatic carbocycles. The summed E-state index contributed by atoms with van der Waals surface area (Å²) in [5.41, 5.74) is 1.36. The maximum atomic E-state index is 12.0. The van der Waals surface area contributed by atoms with Crippen molar-refractivity contribution in [1.29, 1.82) is 0 Å². The first-order valence-corrected chi connectivity index (χ1v) is 8.39. The molecule has 1 saturated heterocycles. The monoisotopic (exact) mass is 310 g/mol. The summed E-state index contributed by atoms with van der Waals surface area (Å²) in [5.74, 6) is 1.99. The van der Waals surface area contributed by atoms with E-state index in [4.69, 9.17) is 4.74 Å². The molecule has 1 fully saturated rings. The number of rotatable bonds is 4. The van der Waals surface area contributed by atoms with Gasteiger partial charge in [0.25, 0.3) is 5.56 Å². The van der Waals surface area contributed by atoms with Crippen LogP contribution in [0.1, 0.15) is 18.0 Å². The summed E-state index contributed by atoms with van der Waals surface area (Å²) in [7, 11) is 0. The zero-order valence-corrected chi connectivity index (χ0v) is 13.2. The average molecular weight is 310 g/mol. The van der Waals surface area contributed by atoms with Gasteiger partial charge in [-0.3, -0.25) is 9.69 Å². The lowest BCUT2D eigenvalue weighted by Crippen LogP contribution is -2.48. The zero-order valence-electron chi connectivity index (χ0n) is 13.2. The molecule has 0 unspecified atom stereocenters. The molecular formula is C19H22N2O2. The Labute approximate surface area is 136 Å². The first-order chi connectivity index (χ1) is 11.3. The van der Waals surface area contributed by atoms with Crippen LogP contribution in [0.2, 0.25) is 0 Å². The van der Waals surface area contributed by atoms with Crippen molar-refractivity contribution >= 4 is 0 Å². The highest BCUT2D eigenvalue weighted by atomic mass is 16.5. The minimum Gasteiger partial charge on any atom is -0.492 e. The standard InChI is InChI=1S/C19H22N2O2/c22-19-8-4-7-18-16-11-15(13-21(18)19)12-20(14-16)9-10-23-17-5-2-1-3-6-17/h1-8,15-16H,9-14H2/t15-,16+/m1/s1. The number of para-hydroxylation sites is 1. The fourth-order valence-electron chi connectivity index (χ4n) is 3.99. The highest BCUT2D eigenvalue weighted by Crippen LogP contribution is 2.34. The normalized spacial score (nSPS) is 23.3. The number of hydrogen-bond acceptors (Lipinski definition) is 3. The number of pyridine rings is 1. The van der Waals surface area contributed by atoms with E-state index in [1.54, 1.807) is 6.07 Å². The van der Waals surface area contributed by atoms with Crippen LogP contribution in [-0.2, 0) is 6.54 Å². The van der Waals surface area contributed by atoms with E-state index in [1.807, 2.05) is 41.0 Å². The van der Waals surface area contributed by atoms with Crippen LogP contribution in [0.5, 0.6) is 5.75 Å². The van der Waals surface area contributed by atoms with E-state index in [9.17, 15) is 4.79 Å². The minimum atomic E-state index is 0.151. The number of fused-ring (bicyclic) bond motifs is 4. The number of likely N-dealkylation sites (tertiary alicyclic amines) is 1. The van der Waals surface area contributed by atoms with Crippen LogP contribution in [0.3, 0.4) is 0 Å². The Morgan fingerprint density at radius 2 is 1.87 bits per heavy atom. The summed E-state index contributed by atoms with van der Waals surface area (Å²) in [6.07, 6.45) is 1.21. The van der Waals surface area contributed by atoms with E-state index in [-0.39, 0.29) is 5.56 Å². The molecule has 4 heteroatoms. The maximum Gasteiger partial charge on any atom is 0.250 e. The molecule has 1 aromatic heterocycles. The quantitative estimate of drug-likeness (QED) is 0.869. The summed E-state index contributed by atoms with van der Waals surface area (Å²) in [4.78, 5) is 14.5. The number of aromatic nitrogens is 1. The fourth-order valence-corrected chi connectivity index (χ4v) is 3.99. The SMILES string of the molecule is O=c1cccc2n1C[C@@H]1C[C@H]2CN(CCOc2ccccc2)C1. The third kappa shape index (κ3) is 3.04. The second-order valence-electron chi connectivity index (χ2n) is 6.62. The lowest BCUT2D eigenvalue weighted by atomic mass is 9.83. The molecule has 0 N–H and O–H groups in total. The molecule has 4 nitrogen and oxygen atoms in total. The van der Waals surface area contributed by atoms with Crippen molar-refractivity contribution in [2.75, 3.05) is 26.2 Å². The highest BCUT2D eigenvalue weighted by Gasteiger charge is 2.34. The van der Waals surface area contributed by atoms with Gasteiger partial charge in [0, 0.05) is 43.9 Å². The van der Waals surface area contributed by atoms with Gasteiger partial charge in [-0.15, -0.1) is 0 Å². The molecule has 4 rings (SSSR count). The summed E-state index contributed by atoms with van der Waals surface area (Å²) < 4.78 is 7.81. The predicted octanol–water partition coefficient (Wildman–Crippen LogP) is 2.35. The van der Waals surface area contributed by atoms with Gasteiger partial charge in [0.1, 0.15) is 12.4 Å². The Hall–Kier alpha value is -2.07. The molecular weight excluding hydrogens is 288 g/mol. The molecule has 0 radical (unpaired) electrons. The molecule has 2 bridgehead atoms. The van der Waals surface area contributed by atoms with Crippen molar-refractivity contribution in [3.8, 4) is 5.75 Å². The Bertz CT molecular complexity index is 726. The van der Waals surface area contributed by atoms with Gasteiger partial charge >= 0.3 is 0 Å². The molecule has 2 aromatic rings. The van der Waals surface area contributed by atoms with Gasteiger partial charge in [0.2, 0.25) is 0 Å². The van der Waals surface area contributed by atoms with E-state index in [0.717, 1.165) is 31.9 Å². The zero-order chi connectivity index (χ0) is 15.6. The van der Waals surface area contributed by atoms with Crippen molar-refractivity contribution in [3.05, 3.63) is 64.6 Å². The lowest BCUT2D eigenvalue weighted by Gasteiger charge is -2.42. The Balaban J connectivity index is 1.40. The second-order valence-corrected chi connectivity index (χ2v) is 6.62.